The summed E-state index contributed by atoms with van der Waals surface area (Å²) < 4.78 is 1.95. The third-order valence-electron chi connectivity index (χ3n) is 3.39. The van der Waals surface area contributed by atoms with E-state index < -0.39 is 0 Å². The molecule has 0 bridgehead atoms. The van der Waals surface area contributed by atoms with Gasteiger partial charge >= 0.3 is 0 Å². The van der Waals surface area contributed by atoms with E-state index in [1.165, 1.54) is 12.8 Å². The summed E-state index contributed by atoms with van der Waals surface area (Å²) in [5.74, 6) is 1.64. The van der Waals surface area contributed by atoms with Crippen molar-refractivity contribution in [3.05, 3.63) is 17.2 Å². The van der Waals surface area contributed by atoms with Crippen molar-refractivity contribution < 1.29 is 0 Å². The van der Waals surface area contributed by atoms with Crippen LogP contribution in [0, 0.1) is 5.92 Å². The maximum absolute atomic E-state index is 6.21. The van der Waals surface area contributed by atoms with Gasteiger partial charge in [0.05, 0.1) is 11.6 Å². The van der Waals surface area contributed by atoms with Gasteiger partial charge in [-0.05, 0) is 25.2 Å². The minimum atomic E-state index is 0.540. The highest BCUT2D eigenvalue weighted by Crippen LogP contribution is 2.32. The molecule has 0 amide bonds. The second-order valence-corrected chi connectivity index (χ2v) is 5.39. The lowest BCUT2D eigenvalue weighted by atomic mass is 10.3. The molecule has 1 fully saturated rings. The molecule has 0 N–H and O–H groups in total. The number of hydrogen-bond acceptors (Lipinski definition) is 3. The highest BCUT2D eigenvalue weighted by Gasteiger charge is 2.23. The van der Waals surface area contributed by atoms with Crippen LogP contribution in [-0.2, 0) is 13.0 Å². The minimum Gasteiger partial charge on any atom is -0.247 e. The predicted octanol–water partition coefficient (Wildman–Crippen LogP) is 3.23. The third-order valence-corrected chi connectivity index (χ3v) is 3.68. The van der Waals surface area contributed by atoms with Crippen LogP contribution in [0.15, 0.2) is 6.20 Å². The first-order chi connectivity index (χ1) is 8.78. The Labute approximate surface area is 111 Å². The number of aromatic nitrogens is 4. The Kier molecular flexibility index (Phi) is 3.20. The minimum absolute atomic E-state index is 0.540. The van der Waals surface area contributed by atoms with Crippen molar-refractivity contribution in [1.82, 2.24) is 19.7 Å². The fourth-order valence-electron chi connectivity index (χ4n) is 2.11. The number of halogens is 1. The van der Waals surface area contributed by atoms with Crippen molar-refractivity contribution in [2.24, 2.45) is 5.92 Å². The number of fused-ring (bicyclic) bond motifs is 1. The number of unbranched alkanes of at least 4 members (excludes halogenated alkanes) is 1. The first-order valence-electron chi connectivity index (χ1n) is 6.66. The SMILES string of the molecule is CCCCn1ncc2c(Cl)nc(CC3CC3)nc21. The molecule has 0 aliphatic heterocycles. The lowest BCUT2D eigenvalue weighted by molar-refractivity contribution is 0.582. The summed E-state index contributed by atoms with van der Waals surface area (Å²) in [6.45, 7) is 3.07. The predicted molar refractivity (Wildman–Crippen MR) is 71.7 cm³/mol. The Morgan fingerprint density at radius 2 is 2.22 bits per heavy atom. The average molecular weight is 265 g/mol. The Bertz CT molecular complexity index is 559. The molecule has 2 aromatic heterocycles. The monoisotopic (exact) mass is 264 g/mol. The van der Waals surface area contributed by atoms with Crippen LogP contribution in [-0.4, -0.2) is 19.7 Å². The maximum Gasteiger partial charge on any atom is 0.163 e. The first-order valence-corrected chi connectivity index (χ1v) is 7.03. The van der Waals surface area contributed by atoms with Crippen molar-refractivity contribution in [3.63, 3.8) is 0 Å². The molecule has 1 saturated carbocycles. The van der Waals surface area contributed by atoms with E-state index in [4.69, 9.17) is 11.6 Å². The standard InChI is InChI=1S/C13H17ClN4/c1-2-3-6-18-13-10(8-15-18)12(14)16-11(17-13)7-9-4-5-9/h8-9H,2-7H2,1H3. The summed E-state index contributed by atoms with van der Waals surface area (Å²) in [6.07, 6.45) is 7.58. The quantitative estimate of drug-likeness (QED) is 0.779. The third kappa shape index (κ3) is 2.34. The highest BCUT2D eigenvalue weighted by molar-refractivity contribution is 6.33. The molecular weight excluding hydrogens is 248 g/mol. The van der Waals surface area contributed by atoms with E-state index in [1.54, 1.807) is 6.20 Å². The Morgan fingerprint density at radius 3 is 2.94 bits per heavy atom. The van der Waals surface area contributed by atoms with Gasteiger partial charge in [-0.3, -0.25) is 0 Å². The van der Waals surface area contributed by atoms with Crippen LogP contribution < -0.4 is 0 Å². The Hall–Kier alpha value is -1.16. The normalized spacial score (nSPS) is 15.4. The van der Waals surface area contributed by atoms with E-state index in [0.29, 0.717) is 5.15 Å². The molecule has 0 saturated heterocycles. The zero-order valence-corrected chi connectivity index (χ0v) is 11.3. The van der Waals surface area contributed by atoms with E-state index >= 15 is 0 Å². The van der Waals surface area contributed by atoms with Gasteiger partial charge < -0.3 is 0 Å². The lowest BCUT2D eigenvalue weighted by Crippen LogP contribution is -2.04. The van der Waals surface area contributed by atoms with Gasteiger partial charge in [0, 0.05) is 13.0 Å². The van der Waals surface area contributed by atoms with E-state index in [2.05, 4.69) is 22.0 Å². The number of rotatable bonds is 5. The van der Waals surface area contributed by atoms with Crippen molar-refractivity contribution >= 4 is 22.6 Å². The molecule has 18 heavy (non-hydrogen) atoms. The van der Waals surface area contributed by atoms with Gasteiger partial charge in [-0.15, -0.1) is 0 Å². The van der Waals surface area contributed by atoms with Gasteiger partial charge in [-0.25, -0.2) is 14.6 Å². The molecule has 1 aliphatic rings. The van der Waals surface area contributed by atoms with Gasteiger partial charge in [-0.1, -0.05) is 24.9 Å². The van der Waals surface area contributed by atoms with Gasteiger partial charge in [0.25, 0.3) is 0 Å². The van der Waals surface area contributed by atoms with E-state index in [0.717, 1.165) is 48.6 Å². The van der Waals surface area contributed by atoms with Crippen molar-refractivity contribution in [2.75, 3.05) is 0 Å². The van der Waals surface area contributed by atoms with Crippen LogP contribution in [0.25, 0.3) is 11.0 Å². The summed E-state index contributed by atoms with van der Waals surface area (Å²) in [7, 11) is 0. The van der Waals surface area contributed by atoms with E-state index in [-0.39, 0.29) is 0 Å². The topological polar surface area (TPSA) is 43.6 Å². The second-order valence-electron chi connectivity index (χ2n) is 5.04. The number of nitrogens with zero attached hydrogens (tertiary/aromatic N) is 4. The van der Waals surface area contributed by atoms with Crippen LogP contribution >= 0.6 is 11.6 Å². The van der Waals surface area contributed by atoms with Crippen LogP contribution in [0.1, 0.15) is 38.4 Å². The molecule has 1 aliphatic carbocycles. The first kappa shape index (κ1) is 11.9. The summed E-state index contributed by atoms with van der Waals surface area (Å²) in [5.41, 5.74) is 0.888. The number of aryl methyl sites for hydroxylation is 1. The molecular formula is C13H17ClN4. The van der Waals surface area contributed by atoms with Crippen LogP contribution in [0.4, 0.5) is 0 Å². The van der Waals surface area contributed by atoms with Crippen LogP contribution in [0.2, 0.25) is 5.15 Å². The molecule has 5 heteroatoms. The summed E-state index contributed by atoms with van der Waals surface area (Å²) in [4.78, 5) is 9.01. The van der Waals surface area contributed by atoms with Crippen molar-refractivity contribution in [2.45, 2.75) is 45.6 Å². The fraction of sp³-hybridized carbons (Fsp3) is 0.615. The average Bonchev–Trinajstić information content (AvgIpc) is 3.06. The van der Waals surface area contributed by atoms with Gasteiger partial charge in [0.15, 0.2) is 5.65 Å². The Morgan fingerprint density at radius 1 is 1.39 bits per heavy atom. The zero-order valence-electron chi connectivity index (χ0n) is 10.6. The zero-order chi connectivity index (χ0) is 12.5. The van der Waals surface area contributed by atoms with Crippen LogP contribution in [0.3, 0.4) is 0 Å². The summed E-state index contributed by atoms with van der Waals surface area (Å²) in [5, 5.41) is 5.77. The molecule has 0 unspecified atom stereocenters. The van der Waals surface area contributed by atoms with Gasteiger partial charge in [0.1, 0.15) is 11.0 Å². The van der Waals surface area contributed by atoms with Crippen molar-refractivity contribution in [1.29, 1.82) is 0 Å². The van der Waals surface area contributed by atoms with Gasteiger partial charge in [-0.2, -0.15) is 5.10 Å². The summed E-state index contributed by atoms with van der Waals surface area (Å²) in [6, 6.07) is 0. The van der Waals surface area contributed by atoms with Crippen molar-refractivity contribution in [3.8, 4) is 0 Å². The molecule has 4 nitrogen and oxygen atoms in total. The molecule has 0 aromatic carbocycles. The molecule has 0 atom stereocenters. The molecule has 2 aromatic rings. The molecule has 0 spiro atoms. The maximum atomic E-state index is 6.21. The molecule has 2 heterocycles. The Balaban J connectivity index is 1.96. The lowest BCUT2D eigenvalue weighted by Gasteiger charge is -2.04. The molecule has 96 valence electrons. The fourth-order valence-corrected chi connectivity index (χ4v) is 2.34. The smallest absolute Gasteiger partial charge is 0.163 e. The molecule has 3 rings (SSSR count). The van der Waals surface area contributed by atoms with Crippen LogP contribution in [0.5, 0.6) is 0 Å². The van der Waals surface area contributed by atoms with E-state index in [1.807, 2.05) is 4.68 Å². The molecule has 0 radical (unpaired) electrons. The highest BCUT2D eigenvalue weighted by atomic mass is 35.5. The largest absolute Gasteiger partial charge is 0.247 e. The number of hydrogen-bond donors (Lipinski definition) is 0. The summed E-state index contributed by atoms with van der Waals surface area (Å²) >= 11 is 6.21. The van der Waals surface area contributed by atoms with Gasteiger partial charge in [0.2, 0.25) is 0 Å². The second kappa shape index (κ2) is 4.84. The van der Waals surface area contributed by atoms with E-state index in [9.17, 15) is 0 Å².